The monoisotopic (exact) mass is 380 g/mol. The van der Waals surface area contributed by atoms with Crippen molar-refractivity contribution in [1.29, 1.82) is 0 Å². The highest BCUT2D eigenvalue weighted by Crippen LogP contribution is 2.22. The molecule has 0 aliphatic heterocycles. The molecule has 0 aliphatic carbocycles. The van der Waals surface area contributed by atoms with Crippen LogP contribution < -0.4 is 25.2 Å². The lowest BCUT2D eigenvalue weighted by Gasteiger charge is -2.07. The van der Waals surface area contributed by atoms with Crippen LogP contribution in [0.1, 0.15) is 5.56 Å². The van der Waals surface area contributed by atoms with Gasteiger partial charge in [-0.05, 0) is 42.5 Å². The Bertz CT molecular complexity index is 1030. The van der Waals surface area contributed by atoms with Gasteiger partial charge < -0.3 is 14.2 Å². The van der Waals surface area contributed by atoms with E-state index in [2.05, 4.69) is 20.5 Å². The van der Waals surface area contributed by atoms with Crippen molar-refractivity contribution in [2.24, 2.45) is 5.10 Å². The molecule has 0 aliphatic rings. The second-order valence-corrected chi connectivity index (χ2v) is 5.69. The van der Waals surface area contributed by atoms with Gasteiger partial charge in [0.1, 0.15) is 17.2 Å². The second kappa shape index (κ2) is 8.72. The lowest BCUT2D eigenvalue weighted by atomic mass is 10.1. The highest BCUT2D eigenvalue weighted by Gasteiger charge is 2.05. The molecule has 0 amide bonds. The van der Waals surface area contributed by atoms with E-state index in [0.29, 0.717) is 22.8 Å². The van der Waals surface area contributed by atoms with Gasteiger partial charge in [-0.1, -0.05) is 0 Å². The number of aromatic amines is 1. The Morgan fingerprint density at radius 3 is 2.36 bits per heavy atom. The summed E-state index contributed by atoms with van der Waals surface area (Å²) in [6, 6.07) is 14.0. The van der Waals surface area contributed by atoms with Crippen LogP contribution in [-0.4, -0.2) is 37.5 Å². The van der Waals surface area contributed by atoms with Crippen LogP contribution in [0.3, 0.4) is 0 Å². The molecular formula is C20H20N4O4. The standard InChI is InChI=1S/C20H20N4O4/c1-26-15-6-4-13(5-7-15)17-11-19(25)23-20(22-17)24-21-12-14-10-16(27-2)8-9-18(14)28-3/h4-12H,1-3H3,(H2,22,23,24,25)/b21-12-. The smallest absolute Gasteiger partial charge is 0.252 e. The van der Waals surface area contributed by atoms with Crippen molar-refractivity contribution in [1.82, 2.24) is 9.97 Å². The van der Waals surface area contributed by atoms with Gasteiger partial charge in [-0.2, -0.15) is 5.10 Å². The van der Waals surface area contributed by atoms with Gasteiger partial charge in [0.25, 0.3) is 5.56 Å². The van der Waals surface area contributed by atoms with Crippen molar-refractivity contribution in [3.05, 3.63) is 64.4 Å². The third kappa shape index (κ3) is 4.47. The number of nitrogens with one attached hydrogen (secondary N) is 2. The van der Waals surface area contributed by atoms with Crippen LogP contribution >= 0.6 is 0 Å². The molecule has 1 aromatic heterocycles. The number of rotatable bonds is 7. The molecule has 0 atom stereocenters. The Morgan fingerprint density at radius 1 is 0.964 bits per heavy atom. The van der Waals surface area contributed by atoms with Crippen molar-refractivity contribution in [3.8, 4) is 28.5 Å². The highest BCUT2D eigenvalue weighted by atomic mass is 16.5. The predicted octanol–water partition coefficient (Wildman–Crippen LogP) is 2.91. The molecule has 2 aromatic carbocycles. The van der Waals surface area contributed by atoms with E-state index in [-0.39, 0.29) is 11.5 Å². The van der Waals surface area contributed by atoms with Gasteiger partial charge in [0.05, 0.1) is 33.2 Å². The number of benzene rings is 2. The molecule has 3 aromatic rings. The first-order chi connectivity index (χ1) is 13.6. The Morgan fingerprint density at radius 2 is 1.68 bits per heavy atom. The number of anilines is 1. The minimum atomic E-state index is -0.294. The summed E-state index contributed by atoms with van der Waals surface area (Å²) in [5, 5.41) is 4.14. The summed E-state index contributed by atoms with van der Waals surface area (Å²) >= 11 is 0. The number of hydrogen-bond donors (Lipinski definition) is 2. The van der Waals surface area contributed by atoms with E-state index in [1.807, 2.05) is 12.1 Å². The molecule has 1 heterocycles. The Kier molecular flexibility index (Phi) is 5.91. The minimum absolute atomic E-state index is 0.219. The van der Waals surface area contributed by atoms with E-state index < -0.39 is 0 Å². The summed E-state index contributed by atoms with van der Waals surface area (Å²) < 4.78 is 15.7. The molecule has 0 radical (unpaired) electrons. The largest absolute Gasteiger partial charge is 0.497 e. The number of hydrogen-bond acceptors (Lipinski definition) is 7. The molecule has 3 rings (SSSR count). The zero-order chi connectivity index (χ0) is 19.9. The first-order valence-corrected chi connectivity index (χ1v) is 8.40. The van der Waals surface area contributed by atoms with E-state index >= 15 is 0 Å². The van der Waals surface area contributed by atoms with Crippen LogP contribution in [0.4, 0.5) is 5.95 Å². The molecule has 0 bridgehead atoms. The molecule has 2 N–H and O–H groups in total. The molecule has 0 saturated heterocycles. The Balaban J connectivity index is 1.82. The van der Waals surface area contributed by atoms with Gasteiger partial charge in [-0.15, -0.1) is 0 Å². The van der Waals surface area contributed by atoms with Gasteiger partial charge in [0.2, 0.25) is 5.95 Å². The van der Waals surface area contributed by atoms with E-state index in [1.165, 1.54) is 6.07 Å². The first-order valence-electron chi connectivity index (χ1n) is 8.40. The van der Waals surface area contributed by atoms with Gasteiger partial charge in [-0.3, -0.25) is 9.78 Å². The van der Waals surface area contributed by atoms with E-state index in [9.17, 15) is 4.79 Å². The topological polar surface area (TPSA) is 97.8 Å². The number of H-pyrrole nitrogens is 1. The summed E-state index contributed by atoms with van der Waals surface area (Å²) in [5.41, 5.74) is 4.46. The van der Waals surface area contributed by atoms with Crippen molar-refractivity contribution >= 4 is 12.2 Å². The molecule has 0 spiro atoms. The van der Waals surface area contributed by atoms with Crippen LogP contribution in [0.2, 0.25) is 0 Å². The van der Waals surface area contributed by atoms with Gasteiger partial charge >= 0.3 is 0 Å². The summed E-state index contributed by atoms with van der Waals surface area (Å²) in [7, 11) is 4.75. The molecule has 0 fully saturated rings. The number of aromatic nitrogens is 2. The summed E-state index contributed by atoms with van der Waals surface area (Å²) in [4.78, 5) is 19.0. The fourth-order valence-corrected chi connectivity index (χ4v) is 2.52. The summed E-state index contributed by atoms with van der Waals surface area (Å²) in [5.74, 6) is 2.26. The summed E-state index contributed by atoms with van der Waals surface area (Å²) in [6.07, 6.45) is 1.56. The lowest BCUT2D eigenvalue weighted by molar-refractivity contribution is 0.402. The van der Waals surface area contributed by atoms with E-state index in [4.69, 9.17) is 14.2 Å². The quantitative estimate of drug-likeness (QED) is 0.483. The van der Waals surface area contributed by atoms with Crippen molar-refractivity contribution in [2.75, 3.05) is 26.8 Å². The van der Waals surface area contributed by atoms with E-state index in [1.54, 1.807) is 57.9 Å². The van der Waals surface area contributed by atoms with Crippen LogP contribution in [0.25, 0.3) is 11.3 Å². The van der Waals surface area contributed by atoms with Crippen LogP contribution in [0.5, 0.6) is 17.2 Å². The minimum Gasteiger partial charge on any atom is -0.497 e. The maximum Gasteiger partial charge on any atom is 0.252 e. The average Bonchev–Trinajstić information content (AvgIpc) is 2.73. The molecule has 0 saturated carbocycles. The molecular weight excluding hydrogens is 360 g/mol. The fourth-order valence-electron chi connectivity index (χ4n) is 2.52. The normalized spacial score (nSPS) is 10.7. The van der Waals surface area contributed by atoms with Gasteiger partial charge in [0.15, 0.2) is 0 Å². The van der Waals surface area contributed by atoms with Crippen LogP contribution in [-0.2, 0) is 0 Å². The zero-order valence-electron chi connectivity index (χ0n) is 15.7. The maximum absolute atomic E-state index is 12.0. The number of methoxy groups -OCH3 is 3. The average molecular weight is 380 g/mol. The molecule has 28 heavy (non-hydrogen) atoms. The Labute approximate surface area is 161 Å². The molecule has 0 unspecified atom stereocenters. The highest BCUT2D eigenvalue weighted by molar-refractivity contribution is 5.84. The van der Waals surface area contributed by atoms with Crippen molar-refractivity contribution < 1.29 is 14.2 Å². The van der Waals surface area contributed by atoms with Crippen molar-refractivity contribution in [2.45, 2.75) is 0 Å². The van der Waals surface area contributed by atoms with Gasteiger partial charge in [-0.25, -0.2) is 10.4 Å². The van der Waals surface area contributed by atoms with Crippen LogP contribution in [0, 0.1) is 0 Å². The number of hydrazone groups is 1. The first kappa shape index (κ1) is 19.0. The molecule has 8 nitrogen and oxygen atoms in total. The third-order valence-electron chi connectivity index (χ3n) is 3.94. The number of nitrogens with zero attached hydrogens (tertiary/aromatic N) is 2. The van der Waals surface area contributed by atoms with Crippen molar-refractivity contribution in [3.63, 3.8) is 0 Å². The predicted molar refractivity (Wildman–Crippen MR) is 108 cm³/mol. The van der Waals surface area contributed by atoms with E-state index in [0.717, 1.165) is 11.3 Å². The maximum atomic E-state index is 12.0. The number of ether oxygens (including phenoxy) is 3. The Hall–Kier alpha value is -3.81. The van der Waals surface area contributed by atoms with Gasteiger partial charge in [0, 0.05) is 17.2 Å². The SMILES string of the molecule is COc1ccc(-c2cc(=O)[nH]c(N/N=C\c3cc(OC)ccc3OC)n2)cc1. The molecule has 8 heteroatoms. The lowest BCUT2D eigenvalue weighted by Crippen LogP contribution is -2.10. The second-order valence-electron chi connectivity index (χ2n) is 5.69. The summed E-state index contributed by atoms with van der Waals surface area (Å²) in [6.45, 7) is 0. The molecule has 144 valence electrons. The zero-order valence-corrected chi connectivity index (χ0v) is 15.7. The fraction of sp³-hybridized carbons (Fsp3) is 0.150. The third-order valence-corrected chi connectivity index (χ3v) is 3.94. The van der Waals surface area contributed by atoms with Crippen LogP contribution in [0.15, 0.2) is 58.4 Å².